The summed E-state index contributed by atoms with van der Waals surface area (Å²) in [5, 5.41) is 13.6. The molecule has 128 valence electrons. The van der Waals surface area contributed by atoms with Gasteiger partial charge in [-0.05, 0) is 47.1 Å². The van der Waals surface area contributed by atoms with Gasteiger partial charge in [-0.15, -0.1) is 0 Å². The predicted molar refractivity (Wildman–Crippen MR) is 87.4 cm³/mol. The topological polar surface area (TPSA) is 66.7 Å². The van der Waals surface area contributed by atoms with Crippen molar-refractivity contribution in [1.29, 1.82) is 0 Å². The van der Waals surface area contributed by atoms with E-state index >= 15 is 0 Å². The minimum absolute atomic E-state index is 0.0155. The van der Waals surface area contributed by atoms with E-state index in [1.54, 1.807) is 13.0 Å². The third-order valence-electron chi connectivity index (χ3n) is 2.85. The first kappa shape index (κ1) is 18.1. The fourth-order valence-electron chi connectivity index (χ4n) is 1.72. The number of nitrogens with one attached hydrogen (secondary N) is 1. The van der Waals surface area contributed by atoms with Crippen molar-refractivity contribution in [1.82, 2.24) is 4.98 Å². The monoisotopic (exact) mass is 403 g/mol. The first-order chi connectivity index (χ1) is 11.3. The average Bonchev–Trinajstić information content (AvgIpc) is 2.51. The molecular weight excluding hydrogens is 391 g/mol. The van der Waals surface area contributed by atoms with Gasteiger partial charge in [0.25, 0.3) is 0 Å². The Morgan fingerprint density at radius 2 is 2.12 bits per heavy atom. The molecule has 5 nitrogen and oxygen atoms in total. The second-order valence-corrected chi connectivity index (χ2v) is 5.43. The van der Waals surface area contributed by atoms with Crippen LogP contribution in [0.15, 0.2) is 40.0 Å². The molecule has 0 amide bonds. The number of ether oxygens (including phenoxy) is 1. The van der Waals surface area contributed by atoms with Gasteiger partial charge in [-0.2, -0.15) is 18.3 Å². The summed E-state index contributed by atoms with van der Waals surface area (Å²) in [4.78, 5) is 3.64. The smallest absolute Gasteiger partial charge is 0.417 e. The van der Waals surface area contributed by atoms with Crippen molar-refractivity contribution in [3.8, 4) is 11.5 Å². The molecule has 1 heterocycles. The molecule has 0 aliphatic carbocycles. The van der Waals surface area contributed by atoms with Gasteiger partial charge in [-0.25, -0.2) is 4.98 Å². The minimum Gasteiger partial charge on any atom is -0.504 e. The maximum absolute atomic E-state index is 12.4. The van der Waals surface area contributed by atoms with Crippen LogP contribution in [0.25, 0.3) is 0 Å². The lowest BCUT2D eigenvalue weighted by Crippen LogP contribution is -2.05. The number of halogens is 4. The molecular formula is C15H13BrF3N3O2. The van der Waals surface area contributed by atoms with Crippen molar-refractivity contribution in [2.24, 2.45) is 5.10 Å². The molecule has 2 aromatic rings. The van der Waals surface area contributed by atoms with Gasteiger partial charge in [0.15, 0.2) is 11.5 Å². The normalized spacial score (nSPS) is 11.7. The summed E-state index contributed by atoms with van der Waals surface area (Å²) in [5.74, 6) is 0.451. The quantitative estimate of drug-likeness (QED) is 0.572. The van der Waals surface area contributed by atoms with Crippen molar-refractivity contribution in [3.63, 3.8) is 0 Å². The first-order valence-electron chi connectivity index (χ1n) is 6.79. The Hall–Kier alpha value is -2.29. The molecule has 0 saturated heterocycles. The van der Waals surface area contributed by atoms with Crippen LogP contribution in [0, 0.1) is 0 Å². The lowest BCUT2D eigenvalue weighted by Gasteiger charge is -2.08. The molecule has 1 aromatic carbocycles. The van der Waals surface area contributed by atoms with Crippen LogP contribution in [-0.4, -0.2) is 22.9 Å². The maximum atomic E-state index is 12.4. The highest BCUT2D eigenvalue weighted by Crippen LogP contribution is 2.32. The molecule has 0 atom stereocenters. The zero-order chi connectivity index (χ0) is 17.7. The number of phenols is 1. The fourth-order valence-corrected chi connectivity index (χ4v) is 2.16. The van der Waals surface area contributed by atoms with Gasteiger partial charge in [0.05, 0.1) is 18.4 Å². The highest BCUT2D eigenvalue weighted by molar-refractivity contribution is 9.10. The number of benzene rings is 1. The van der Waals surface area contributed by atoms with Crippen LogP contribution in [0.3, 0.4) is 0 Å². The number of phenolic OH excluding ortho intramolecular Hbond substituents is 1. The van der Waals surface area contributed by atoms with E-state index in [9.17, 15) is 18.3 Å². The number of hydrogen-bond donors (Lipinski definition) is 2. The number of aromatic hydroxyl groups is 1. The second-order valence-electron chi connectivity index (χ2n) is 4.57. The predicted octanol–water partition coefficient (Wildman–Crippen LogP) is 4.41. The maximum Gasteiger partial charge on any atom is 0.417 e. The summed E-state index contributed by atoms with van der Waals surface area (Å²) in [6, 6.07) is 5.13. The Labute approximate surface area is 144 Å². The molecule has 0 spiro atoms. The fraction of sp³-hybridized carbons (Fsp3) is 0.200. The molecule has 2 N–H and O–H groups in total. The molecule has 0 saturated carbocycles. The van der Waals surface area contributed by atoms with E-state index < -0.39 is 11.7 Å². The summed E-state index contributed by atoms with van der Waals surface area (Å²) in [6.07, 6.45) is -2.28. The van der Waals surface area contributed by atoms with E-state index in [4.69, 9.17) is 4.74 Å². The first-order valence-corrected chi connectivity index (χ1v) is 7.58. The molecule has 1 aromatic heterocycles. The van der Waals surface area contributed by atoms with Crippen molar-refractivity contribution in [3.05, 3.63) is 46.1 Å². The minimum atomic E-state index is -4.43. The van der Waals surface area contributed by atoms with Crippen LogP contribution in [-0.2, 0) is 6.18 Å². The van der Waals surface area contributed by atoms with E-state index in [-0.39, 0.29) is 11.6 Å². The molecule has 0 radical (unpaired) electrons. The number of hydrogen-bond acceptors (Lipinski definition) is 5. The highest BCUT2D eigenvalue weighted by atomic mass is 79.9. The number of pyridine rings is 1. The summed E-state index contributed by atoms with van der Waals surface area (Å²) >= 11 is 3.27. The lowest BCUT2D eigenvalue weighted by molar-refractivity contribution is -0.137. The standard InChI is InChI=1S/C15H13BrF3N3O2/c1-2-24-13-5-9(11(16)6-12(13)23)7-21-22-14-4-3-10(8-20-14)15(17,18)19/h3-8,23H,2H2,1H3,(H,20,22)/b21-7-. The third-order valence-corrected chi connectivity index (χ3v) is 3.54. The van der Waals surface area contributed by atoms with Crippen LogP contribution in [0.4, 0.5) is 19.0 Å². The van der Waals surface area contributed by atoms with Crippen molar-refractivity contribution >= 4 is 28.0 Å². The molecule has 0 aliphatic rings. The van der Waals surface area contributed by atoms with E-state index in [0.717, 1.165) is 12.3 Å². The van der Waals surface area contributed by atoms with Gasteiger partial charge in [0.2, 0.25) is 0 Å². The molecule has 0 fully saturated rings. The summed E-state index contributed by atoms with van der Waals surface area (Å²) in [5.41, 5.74) is 2.31. The number of aromatic nitrogens is 1. The SMILES string of the molecule is CCOc1cc(/C=N\Nc2ccc(C(F)(F)F)cn2)c(Br)cc1O. The number of anilines is 1. The number of alkyl halides is 3. The Balaban J connectivity index is 2.10. The zero-order valence-corrected chi connectivity index (χ0v) is 14.0. The summed E-state index contributed by atoms with van der Waals surface area (Å²) in [6.45, 7) is 2.17. The molecule has 0 unspecified atom stereocenters. The molecule has 2 rings (SSSR count). The van der Waals surface area contributed by atoms with Gasteiger partial charge >= 0.3 is 6.18 Å². The number of rotatable bonds is 5. The number of hydrazone groups is 1. The third kappa shape index (κ3) is 4.60. The lowest BCUT2D eigenvalue weighted by atomic mass is 10.2. The largest absolute Gasteiger partial charge is 0.504 e. The summed E-state index contributed by atoms with van der Waals surface area (Å²) < 4.78 is 43.2. The van der Waals surface area contributed by atoms with Crippen LogP contribution in [0.1, 0.15) is 18.1 Å². The van der Waals surface area contributed by atoms with E-state index in [2.05, 4.69) is 31.4 Å². The van der Waals surface area contributed by atoms with Gasteiger partial charge in [0.1, 0.15) is 5.82 Å². The van der Waals surface area contributed by atoms with Crippen LogP contribution >= 0.6 is 15.9 Å². The van der Waals surface area contributed by atoms with E-state index in [0.29, 0.717) is 22.4 Å². The van der Waals surface area contributed by atoms with Gasteiger partial charge in [-0.1, -0.05) is 0 Å². The Morgan fingerprint density at radius 1 is 1.38 bits per heavy atom. The molecule has 24 heavy (non-hydrogen) atoms. The Kier molecular flexibility index (Phi) is 5.66. The molecule has 0 bridgehead atoms. The zero-order valence-electron chi connectivity index (χ0n) is 12.4. The van der Waals surface area contributed by atoms with Gasteiger partial charge < -0.3 is 9.84 Å². The second kappa shape index (κ2) is 7.52. The Morgan fingerprint density at radius 3 is 2.71 bits per heavy atom. The van der Waals surface area contributed by atoms with Crippen LogP contribution < -0.4 is 10.2 Å². The van der Waals surface area contributed by atoms with Crippen molar-refractivity contribution in [2.75, 3.05) is 12.0 Å². The average molecular weight is 404 g/mol. The van der Waals surface area contributed by atoms with Crippen molar-refractivity contribution in [2.45, 2.75) is 13.1 Å². The molecule has 0 aliphatic heterocycles. The van der Waals surface area contributed by atoms with E-state index in [1.807, 2.05) is 0 Å². The van der Waals surface area contributed by atoms with Crippen LogP contribution in [0.5, 0.6) is 11.5 Å². The Bertz CT molecular complexity index is 734. The summed E-state index contributed by atoms with van der Waals surface area (Å²) in [7, 11) is 0. The van der Waals surface area contributed by atoms with Crippen LogP contribution in [0.2, 0.25) is 0 Å². The highest BCUT2D eigenvalue weighted by Gasteiger charge is 2.30. The van der Waals surface area contributed by atoms with Crippen molar-refractivity contribution < 1.29 is 23.0 Å². The molecule has 9 heteroatoms. The van der Waals surface area contributed by atoms with E-state index in [1.165, 1.54) is 18.3 Å². The van der Waals surface area contributed by atoms with Gasteiger partial charge in [-0.3, -0.25) is 5.43 Å². The van der Waals surface area contributed by atoms with Gasteiger partial charge in [0, 0.05) is 16.2 Å². The number of nitrogens with zero attached hydrogens (tertiary/aromatic N) is 2.